The largest absolute Gasteiger partial charge is 0.450 e. The summed E-state index contributed by atoms with van der Waals surface area (Å²) >= 11 is 0. The van der Waals surface area contributed by atoms with Gasteiger partial charge in [0.2, 0.25) is 5.82 Å². The highest BCUT2D eigenvalue weighted by Crippen LogP contribution is 2.40. The predicted molar refractivity (Wildman–Crippen MR) is 85.4 cm³/mol. The van der Waals surface area contributed by atoms with E-state index in [1.807, 2.05) is 0 Å². The van der Waals surface area contributed by atoms with Gasteiger partial charge in [0, 0.05) is 6.07 Å². The maximum atomic E-state index is 13.5. The monoisotopic (exact) mass is 439 g/mol. The molecule has 0 atom stereocenters. The Kier molecular flexibility index (Phi) is 4.56. The number of halogens is 6. The van der Waals surface area contributed by atoms with Crippen molar-refractivity contribution in [3.63, 3.8) is 0 Å². The van der Waals surface area contributed by atoms with E-state index in [9.17, 15) is 44.9 Å². The first-order valence-corrected chi connectivity index (χ1v) is 8.84. The van der Waals surface area contributed by atoms with E-state index >= 15 is 0 Å². The van der Waals surface area contributed by atoms with Gasteiger partial charge in [0.05, 0.1) is 20.9 Å². The molecule has 0 fully saturated rings. The molecule has 0 aliphatic heterocycles. The molecule has 1 aromatic heterocycles. The number of non-ortho nitro benzene ring substituents is 1. The summed E-state index contributed by atoms with van der Waals surface area (Å²) in [6, 6.07) is 5.68. The second kappa shape index (κ2) is 6.43. The molecule has 14 heteroatoms. The van der Waals surface area contributed by atoms with Crippen LogP contribution in [0.3, 0.4) is 0 Å². The Balaban J connectivity index is 2.53. The molecule has 3 rings (SSSR count). The molecule has 29 heavy (non-hydrogen) atoms. The third-order valence-electron chi connectivity index (χ3n) is 3.75. The highest BCUT2D eigenvalue weighted by molar-refractivity contribution is 7.90. The van der Waals surface area contributed by atoms with Crippen molar-refractivity contribution < 1.29 is 39.7 Å². The van der Waals surface area contributed by atoms with E-state index in [-0.39, 0.29) is 12.1 Å². The van der Waals surface area contributed by atoms with Gasteiger partial charge >= 0.3 is 12.4 Å². The van der Waals surface area contributed by atoms with Gasteiger partial charge in [-0.3, -0.25) is 10.1 Å². The minimum Gasteiger partial charge on any atom is -0.258 e. The summed E-state index contributed by atoms with van der Waals surface area (Å²) < 4.78 is 105. The number of aromatic nitrogens is 2. The van der Waals surface area contributed by atoms with Crippen molar-refractivity contribution in [3.05, 3.63) is 64.0 Å². The fraction of sp³-hybridized carbons (Fsp3) is 0.133. The van der Waals surface area contributed by atoms with Gasteiger partial charge in [-0.1, -0.05) is 18.2 Å². The Labute approximate surface area is 157 Å². The molecular formula is C15H7F6N3O4S. The van der Waals surface area contributed by atoms with Crippen LogP contribution in [0.25, 0.3) is 11.0 Å². The summed E-state index contributed by atoms with van der Waals surface area (Å²) in [5.74, 6) is -2.11. The Morgan fingerprint density at radius 3 is 2.03 bits per heavy atom. The first-order chi connectivity index (χ1) is 13.2. The number of benzene rings is 2. The molecule has 0 amide bonds. The Bertz CT molecular complexity index is 1220. The topological polar surface area (TPSA) is 95.1 Å². The number of imidazole rings is 1. The van der Waals surface area contributed by atoms with Crippen LogP contribution in [0.4, 0.5) is 32.0 Å². The number of rotatable bonds is 3. The van der Waals surface area contributed by atoms with Gasteiger partial charge in [-0.15, -0.1) is 0 Å². The molecule has 0 radical (unpaired) electrons. The highest BCUT2D eigenvalue weighted by Gasteiger charge is 2.44. The molecule has 0 bridgehead atoms. The number of nitrogens with zero attached hydrogens (tertiary/aromatic N) is 3. The lowest BCUT2D eigenvalue weighted by molar-refractivity contribution is -0.383. The Hall–Kier alpha value is -3.16. The van der Waals surface area contributed by atoms with Gasteiger partial charge in [-0.05, 0) is 18.2 Å². The summed E-state index contributed by atoms with van der Waals surface area (Å²) in [6.07, 6.45) is -10.6. The van der Waals surface area contributed by atoms with Crippen LogP contribution in [-0.4, -0.2) is 22.3 Å². The van der Waals surface area contributed by atoms with Crippen molar-refractivity contribution in [1.29, 1.82) is 0 Å². The Morgan fingerprint density at radius 2 is 1.55 bits per heavy atom. The zero-order valence-corrected chi connectivity index (χ0v) is 14.5. The fourth-order valence-electron chi connectivity index (χ4n) is 2.58. The Morgan fingerprint density at radius 1 is 0.966 bits per heavy atom. The SMILES string of the molecule is O=[N+]([O-])c1cc(C(F)(F)F)cc2nc(C(F)(F)F)n(S(=O)(=O)c3ccccc3)c12. The zero-order valence-electron chi connectivity index (χ0n) is 13.7. The minimum atomic E-state index is -5.44. The molecule has 0 saturated carbocycles. The van der Waals surface area contributed by atoms with E-state index in [4.69, 9.17) is 0 Å². The maximum absolute atomic E-state index is 13.5. The second-order valence-electron chi connectivity index (χ2n) is 5.63. The molecule has 0 spiro atoms. The maximum Gasteiger partial charge on any atom is 0.450 e. The molecule has 0 saturated heterocycles. The number of alkyl halides is 6. The molecule has 1 heterocycles. The van der Waals surface area contributed by atoms with Gasteiger partial charge in [0.1, 0.15) is 0 Å². The lowest BCUT2D eigenvalue weighted by Gasteiger charge is -2.12. The van der Waals surface area contributed by atoms with Crippen molar-refractivity contribution in [1.82, 2.24) is 8.96 Å². The van der Waals surface area contributed by atoms with Gasteiger partial charge in [0.25, 0.3) is 15.7 Å². The van der Waals surface area contributed by atoms with Crippen molar-refractivity contribution in [2.75, 3.05) is 0 Å². The molecule has 2 aromatic carbocycles. The molecule has 3 aromatic rings. The molecule has 0 aliphatic rings. The van der Waals surface area contributed by atoms with Crippen LogP contribution in [0, 0.1) is 10.1 Å². The zero-order chi connectivity index (χ0) is 21.8. The molecule has 0 unspecified atom stereocenters. The van der Waals surface area contributed by atoms with Crippen LogP contribution < -0.4 is 0 Å². The van der Waals surface area contributed by atoms with Crippen LogP contribution in [0.1, 0.15) is 11.4 Å². The van der Waals surface area contributed by atoms with Crippen molar-refractivity contribution in [2.45, 2.75) is 17.2 Å². The first kappa shape index (κ1) is 20.6. The average molecular weight is 439 g/mol. The van der Waals surface area contributed by atoms with E-state index in [1.165, 1.54) is 18.2 Å². The van der Waals surface area contributed by atoms with Crippen LogP contribution >= 0.6 is 0 Å². The second-order valence-corrected chi connectivity index (χ2v) is 7.42. The van der Waals surface area contributed by atoms with E-state index in [0.29, 0.717) is 0 Å². The summed E-state index contributed by atoms with van der Waals surface area (Å²) in [6.45, 7) is 0. The van der Waals surface area contributed by atoms with Crippen molar-refractivity contribution in [2.24, 2.45) is 0 Å². The van der Waals surface area contributed by atoms with Gasteiger partial charge in [-0.2, -0.15) is 26.3 Å². The van der Waals surface area contributed by atoms with E-state index in [2.05, 4.69) is 4.98 Å². The van der Waals surface area contributed by atoms with Crippen LogP contribution in [0.5, 0.6) is 0 Å². The summed E-state index contributed by atoms with van der Waals surface area (Å²) in [5, 5.41) is 11.3. The van der Waals surface area contributed by atoms with Crippen LogP contribution in [-0.2, 0) is 22.4 Å². The molecular weight excluding hydrogens is 432 g/mol. The van der Waals surface area contributed by atoms with E-state index in [0.717, 1.165) is 12.1 Å². The molecule has 154 valence electrons. The van der Waals surface area contributed by atoms with Gasteiger partial charge in [0.15, 0.2) is 5.52 Å². The summed E-state index contributed by atoms with van der Waals surface area (Å²) in [7, 11) is -5.09. The third-order valence-corrected chi connectivity index (χ3v) is 5.45. The van der Waals surface area contributed by atoms with E-state index < -0.39 is 64.3 Å². The van der Waals surface area contributed by atoms with Crippen LogP contribution in [0.15, 0.2) is 47.4 Å². The number of nitro benzene ring substituents is 1. The standard InChI is InChI=1S/C15H7F6N3O4S/c16-14(17,18)8-6-10-12(11(7-8)24(25)26)23(13(22-10)15(19,20)21)29(27,28)9-4-2-1-3-5-9/h1-7H. The fourth-order valence-corrected chi connectivity index (χ4v) is 4.09. The van der Waals surface area contributed by atoms with E-state index in [1.54, 1.807) is 0 Å². The smallest absolute Gasteiger partial charge is 0.258 e. The summed E-state index contributed by atoms with van der Waals surface area (Å²) in [5.41, 5.74) is -5.50. The van der Waals surface area contributed by atoms with Crippen molar-refractivity contribution in [3.8, 4) is 0 Å². The van der Waals surface area contributed by atoms with Gasteiger partial charge < -0.3 is 0 Å². The number of fused-ring (bicyclic) bond motifs is 1. The highest BCUT2D eigenvalue weighted by atomic mass is 32.2. The predicted octanol–water partition coefficient (Wildman–Crippen LogP) is 4.22. The number of hydrogen-bond acceptors (Lipinski definition) is 5. The third kappa shape index (κ3) is 3.50. The molecule has 7 nitrogen and oxygen atoms in total. The number of hydrogen-bond donors (Lipinski definition) is 0. The lowest BCUT2D eigenvalue weighted by Crippen LogP contribution is -2.22. The van der Waals surface area contributed by atoms with Gasteiger partial charge in [-0.25, -0.2) is 17.4 Å². The normalized spacial score (nSPS) is 13.0. The van der Waals surface area contributed by atoms with Crippen LogP contribution in [0.2, 0.25) is 0 Å². The lowest BCUT2D eigenvalue weighted by atomic mass is 10.1. The number of nitro groups is 1. The first-order valence-electron chi connectivity index (χ1n) is 7.40. The molecule has 0 aliphatic carbocycles. The quantitative estimate of drug-likeness (QED) is 0.346. The average Bonchev–Trinajstić information content (AvgIpc) is 3.01. The van der Waals surface area contributed by atoms with Crippen molar-refractivity contribution >= 4 is 26.7 Å². The minimum absolute atomic E-state index is 0.0405. The molecule has 0 N–H and O–H groups in total. The summed E-state index contributed by atoms with van der Waals surface area (Å²) in [4.78, 5) is 12.2.